The van der Waals surface area contributed by atoms with Gasteiger partial charge >= 0.3 is 0 Å². The van der Waals surface area contributed by atoms with E-state index in [9.17, 15) is 4.79 Å². The highest BCUT2D eigenvalue weighted by atomic mass is 19.1. The van der Waals surface area contributed by atoms with Crippen molar-refractivity contribution >= 4 is 28.4 Å². The fourth-order valence-corrected chi connectivity index (χ4v) is 3.70. The second kappa shape index (κ2) is 8.90. The van der Waals surface area contributed by atoms with Gasteiger partial charge in [0.1, 0.15) is 11.9 Å². The molecule has 0 atom stereocenters. The van der Waals surface area contributed by atoms with Gasteiger partial charge in [0.25, 0.3) is 5.91 Å². The van der Waals surface area contributed by atoms with Crippen LogP contribution in [-0.4, -0.2) is 50.1 Å². The number of H-pyrrole nitrogens is 2. The molecule has 10 heteroatoms. The number of carbonyl (C=O) groups excluding carboxylic acids is 1. The van der Waals surface area contributed by atoms with Crippen LogP contribution in [0.1, 0.15) is 16.1 Å². The first-order valence-corrected chi connectivity index (χ1v) is 10.8. The molecule has 0 spiro atoms. The minimum Gasteiger partial charge on any atom is -0.435 e. The third kappa shape index (κ3) is 4.29. The Bertz CT molecular complexity index is 1530. The quantitative estimate of drug-likeness (QED) is 0.320. The molecule has 0 aliphatic carbocycles. The number of rotatable bonds is 6. The second-order valence-electron chi connectivity index (χ2n) is 8.15. The summed E-state index contributed by atoms with van der Waals surface area (Å²) in [7, 11) is 3.19. The van der Waals surface area contributed by atoms with Crippen LogP contribution in [-0.2, 0) is 0 Å². The van der Waals surface area contributed by atoms with Crippen molar-refractivity contribution in [1.29, 1.82) is 0 Å². The van der Waals surface area contributed by atoms with E-state index in [1.54, 1.807) is 32.3 Å². The summed E-state index contributed by atoms with van der Waals surface area (Å²) in [6, 6.07) is 16.4. The molecule has 1 amide bonds. The van der Waals surface area contributed by atoms with E-state index >= 15 is 4.39 Å². The van der Waals surface area contributed by atoms with E-state index in [1.165, 1.54) is 17.3 Å². The third-order valence-corrected chi connectivity index (χ3v) is 5.39. The maximum atomic E-state index is 15.2. The van der Waals surface area contributed by atoms with Crippen LogP contribution in [0.15, 0.2) is 60.9 Å². The Kier molecular flexibility index (Phi) is 5.61. The number of nitrogens with zero attached hydrogens (tertiary/aromatic N) is 4. The molecule has 0 radical (unpaired) electrons. The van der Waals surface area contributed by atoms with Crippen LogP contribution in [0.3, 0.4) is 0 Å². The fraction of sp³-hybridized carbons (Fsp3) is 0.120. The number of amides is 1. The number of benzene rings is 2. The molecule has 0 aliphatic heterocycles. The van der Waals surface area contributed by atoms with Crippen molar-refractivity contribution in [3.63, 3.8) is 0 Å². The highest BCUT2D eigenvalue weighted by Gasteiger charge is 2.24. The van der Waals surface area contributed by atoms with E-state index in [4.69, 9.17) is 4.74 Å². The number of hydrogen-bond donors (Lipinski definition) is 3. The number of anilines is 2. The van der Waals surface area contributed by atoms with Gasteiger partial charge in [-0.1, -0.05) is 30.3 Å². The van der Waals surface area contributed by atoms with Gasteiger partial charge in [0.05, 0.1) is 5.69 Å². The number of fused-ring (bicyclic) bond motifs is 1. The molecule has 3 N–H and O–H groups in total. The van der Waals surface area contributed by atoms with Crippen LogP contribution in [0.4, 0.5) is 16.0 Å². The predicted molar refractivity (Wildman–Crippen MR) is 130 cm³/mol. The fourth-order valence-electron chi connectivity index (χ4n) is 3.70. The first-order valence-electron chi connectivity index (χ1n) is 10.8. The van der Waals surface area contributed by atoms with Gasteiger partial charge in [0, 0.05) is 36.8 Å². The van der Waals surface area contributed by atoms with Gasteiger partial charge in [-0.3, -0.25) is 9.89 Å². The topological polar surface area (TPSA) is 112 Å². The summed E-state index contributed by atoms with van der Waals surface area (Å²) in [5.41, 5.74) is 3.26. The normalized spacial score (nSPS) is 11.0. The molecule has 0 fully saturated rings. The number of nitrogens with one attached hydrogen (secondary N) is 3. The van der Waals surface area contributed by atoms with E-state index in [2.05, 4.69) is 30.5 Å². The third-order valence-electron chi connectivity index (χ3n) is 5.39. The van der Waals surface area contributed by atoms with Gasteiger partial charge in [-0.05, 0) is 30.7 Å². The van der Waals surface area contributed by atoms with E-state index < -0.39 is 11.7 Å². The second-order valence-corrected chi connectivity index (χ2v) is 8.15. The Hall–Kier alpha value is -4.73. The largest absolute Gasteiger partial charge is 0.435 e. The number of aromatic amines is 2. The molecule has 0 bridgehead atoms. The van der Waals surface area contributed by atoms with Crippen LogP contribution < -0.4 is 10.1 Å². The Morgan fingerprint density at radius 2 is 1.89 bits per heavy atom. The van der Waals surface area contributed by atoms with Crippen molar-refractivity contribution in [1.82, 2.24) is 30.0 Å². The highest BCUT2D eigenvalue weighted by molar-refractivity contribution is 6.01. The van der Waals surface area contributed by atoms with E-state index in [0.717, 1.165) is 17.0 Å². The summed E-state index contributed by atoms with van der Waals surface area (Å²) >= 11 is 0. The van der Waals surface area contributed by atoms with Crippen molar-refractivity contribution in [2.75, 3.05) is 19.4 Å². The molecule has 176 valence electrons. The zero-order valence-corrected chi connectivity index (χ0v) is 19.3. The Morgan fingerprint density at radius 1 is 1.09 bits per heavy atom. The number of aryl methyl sites for hydroxylation is 1. The Morgan fingerprint density at radius 3 is 2.66 bits per heavy atom. The molecular weight excluding hydrogens is 449 g/mol. The number of aromatic nitrogens is 5. The lowest BCUT2D eigenvalue weighted by molar-refractivity contribution is 0.0825. The zero-order chi connectivity index (χ0) is 24.5. The van der Waals surface area contributed by atoms with Crippen molar-refractivity contribution in [3.8, 4) is 22.9 Å². The van der Waals surface area contributed by atoms with Crippen molar-refractivity contribution in [2.45, 2.75) is 6.92 Å². The average molecular weight is 471 g/mol. The van der Waals surface area contributed by atoms with Gasteiger partial charge in [0.15, 0.2) is 23.2 Å². The van der Waals surface area contributed by atoms with Crippen LogP contribution >= 0.6 is 0 Å². The van der Waals surface area contributed by atoms with E-state index in [0.29, 0.717) is 16.7 Å². The molecule has 35 heavy (non-hydrogen) atoms. The van der Waals surface area contributed by atoms with E-state index in [1.807, 2.05) is 37.3 Å². The zero-order valence-electron chi connectivity index (χ0n) is 19.3. The predicted octanol–water partition coefficient (Wildman–Crippen LogP) is 5.03. The summed E-state index contributed by atoms with van der Waals surface area (Å²) in [4.78, 5) is 25.9. The van der Waals surface area contributed by atoms with Crippen LogP contribution in [0.2, 0.25) is 0 Å². The smallest absolute Gasteiger partial charge is 0.262 e. The summed E-state index contributed by atoms with van der Waals surface area (Å²) < 4.78 is 21.0. The van der Waals surface area contributed by atoms with Crippen molar-refractivity contribution in [3.05, 3.63) is 78.0 Å². The number of hydrogen-bond acceptors (Lipinski definition) is 6. The summed E-state index contributed by atoms with van der Waals surface area (Å²) in [6.45, 7) is 1.84. The van der Waals surface area contributed by atoms with Gasteiger partial charge in [0.2, 0.25) is 5.88 Å². The molecule has 0 saturated carbocycles. The molecule has 9 nitrogen and oxygen atoms in total. The SMILES string of the molecule is Cc1cc2c(F)c(Oc3ncnc(Nc4cc(-c5ccccc5)[nH]n4)c3C(=O)N(C)C)ccc2[nH]1. The molecule has 5 rings (SSSR count). The van der Waals surface area contributed by atoms with E-state index in [-0.39, 0.29) is 23.0 Å². The van der Waals surface area contributed by atoms with Gasteiger partial charge in [-0.25, -0.2) is 14.4 Å². The molecule has 0 saturated heterocycles. The molecule has 0 unspecified atom stereocenters. The van der Waals surface area contributed by atoms with Gasteiger partial charge in [-0.2, -0.15) is 5.10 Å². The molecule has 5 aromatic rings. The Balaban J connectivity index is 1.52. The monoisotopic (exact) mass is 471 g/mol. The molecular formula is C25H22FN7O2. The standard InChI is InChI=1S/C25H22FN7O2/c1-14-11-16-17(29-14)9-10-19(22(16)26)35-24-21(25(34)33(2)3)23(27-13-28-24)30-20-12-18(31-32-20)15-7-5-4-6-8-15/h4-13,29H,1-3H3,(H2,27,28,30,31,32). The maximum Gasteiger partial charge on any atom is 0.262 e. The molecule has 3 aromatic heterocycles. The first kappa shape index (κ1) is 22.1. The molecule has 0 aliphatic rings. The highest BCUT2D eigenvalue weighted by Crippen LogP contribution is 2.34. The lowest BCUT2D eigenvalue weighted by Crippen LogP contribution is -2.24. The summed E-state index contributed by atoms with van der Waals surface area (Å²) in [6.07, 6.45) is 1.24. The Labute approximate surface area is 200 Å². The lowest BCUT2D eigenvalue weighted by Gasteiger charge is -2.17. The maximum absolute atomic E-state index is 15.2. The number of halogens is 1. The van der Waals surface area contributed by atoms with Crippen molar-refractivity contribution < 1.29 is 13.9 Å². The van der Waals surface area contributed by atoms with Gasteiger partial charge in [-0.15, -0.1) is 0 Å². The summed E-state index contributed by atoms with van der Waals surface area (Å²) in [5, 5.41) is 10.7. The number of carbonyl (C=O) groups is 1. The van der Waals surface area contributed by atoms with Crippen LogP contribution in [0.5, 0.6) is 11.6 Å². The molecule has 3 heterocycles. The minimum absolute atomic E-state index is 0.0477. The minimum atomic E-state index is -0.553. The van der Waals surface area contributed by atoms with Crippen molar-refractivity contribution in [2.24, 2.45) is 0 Å². The number of ether oxygens (including phenoxy) is 1. The first-order chi connectivity index (χ1) is 16.9. The summed E-state index contributed by atoms with van der Waals surface area (Å²) in [5.74, 6) is -0.481. The average Bonchev–Trinajstić information content (AvgIpc) is 3.48. The molecule has 2 aromatic carbocycles. The lowest BCUT2D eigenvalue weighted by atomic mass is 10.1. The van der Waals surface area contributed by atoms with Crippen LogP contribution in [0.25, 0.3) is 22.2 Å². The van der Waals surface area contributed by atoms with Crippen LogP contribution in [0, 0.1) is 12.7 Å². The van der Waals surface area contributed by atoms with Gasteiger partial charge < -0.3 is 19.9 Å².